The van der Waals surface area contributed by atoms with Crippen molar-refractivity contribution in [2.24, 2.45) is 5.84 Å². The van der Waals surface area contributed by atoms with Gasteiger partial charge in [0.05, 0.1) is 5.69 Å². The Morgan fingerprint density at radius 1 is 0.636 bits per heavy atom. The molecule has 2 heteroatoms. The SMILES string of the molecule is Cc1ccccc1-c1cccc(NN)c1-c1ccccc1C. The van der Waals surface area contributed by atoms with Crippen molar-refractivity contribution in [2.45, 2.75) is 13.8 Å². The molecule has 0 aliphatic carbocycles. The minimum absolute atomic E-state index is 0.940. The van der Waals surface area contributed by atoms with Crippen LogP contribution in [0, 0.1) is 13.8 Å². The van der Waals surface area contributed by atoms with E-state index in [0.717, 1.165) is 11.3 Å². The third kappa shape index (κ3) is 2.49. The van der Waals surface area contributed by atoms with Gasteiger partial charge in [-0.2, -0.15) is 0 Å². The summed E-state index contributed by atoms with van der Waals surface area (Å²) in [6.07, 6.45) is 0. The molecule has 3 rings (SSSR count). The summed E-state index contributed by atoms with van der Waals surface area (Å²) < 4.78 is 0. The molecule has 0 aromatic heterocycles. The van der Waals surface area contributed by atoms with Gasteiger partial charge in [0, 0.05) is 5.56 Å². The van der Waals surface area contributed by atoms with Crippen LogP contribution < -0.4 is 11.3 Å². The van der Waals surface area contributed by atoms with E-state index in [0.29, 0.717) is 0 Å². The minimum atomic E-state index is 0.940. The summed E-state index contributed by atoms with van der Waals surface area (Å²) in [6.45, 7) is 4.27. The number of nitrogens with one attached hydrogen (secondary N) is 1. The molecule has 2 nitrogen and oxygen atoms in total. The first kappa shape index (κ1) is 14.4. The smallest absolute Gasteiger partial charge is 0.0569 e. The molecule has 0 radical (unpaired) electrons. The Kier molecular flexibility index (Phi) is 3.94. The van der Waals surface area contributed by atoms with Crippen LogP contribution in [0.5, 0.6) is 0 Å². The van der Waals surface area contributed by atoms with Gasteiger partial charge < -0.3 is 5.43 Å². The van der Waals surface area contributed by atoms with Crippen LogP contribution in [-0.4, -0.2) is 0 Å². The van der Waals surface area contributed by atoms with Gasteiger partial charge >= 0.3 is 0 Å². The largest absolute Gasteiger partial charge is 0.323 e. The van der Waals surface area contributed by atoms with Gasteiger partial charge in [0.25, 0.3) is 0 Å². The van der Waals surface area contributed by atoms with Crippen LogP contribution in [0.1, 0.15) is 11.1 Å². The summed E-state index contributed by atoms with van der Waals surface area (Å²) in [5.74, 6) is 5.77. The molecule has 3 aromatic carbocycles. The number of nitrogens with two attached hydrogens (primary N) is 1. The number of hydrogen-bond donors (Lipinski definition) is 2. The molecule has 0 aliphatic heterocycles. The molecule has 0 saturated heterocycles. The quantitative estimate of drug-likeness (QED) is 0.530. The fraction of sp³-hybridized carbons (Fsp3) is 0.100. The first-order valence-electron chi connectivity index (χ1n) is 7.44. The van der Waals surface area contributed by atoms with E-state index in [4.69, 9.17) is 5.84 Å². The van der Waals surface area contributed by atoms with E-state index in [1.165, 1.54) is 27.8 Å². The first-order chi connectivity index (χ1) is 10.7. The molecule has 0 unspecified atom stereocenters. The fourth-order valence-electron chi connectivity index (χ4n) is 2.92. The zero-order chi connectivity index (χ0) is 15.5. The van der Waals surface area contributed by atoms with Gasteiger partial charge in [0.2, 0.25) is 0 Å². The van der Waals surface area contributed by atoms with E-state index in [1.807, 2.05) is 12.1 Å². The van der Waals surface area contributed by atoms with Gasteiger partial charge in [0.15, 0.2) is 0 Å². The second kappa shape index (κ2) is 6.04. The van der Waals surface area contributed by atoms with Crippen molar-refractivity contribution >= 4 is 5.69 Å². The molecule has 0 amide bonds. The van der Waals surface area contributed by atoms with Crippen molar-refractivity contribution in [1.29, 1.82) is 0 Å². The normalized spacial score (nSPS) is 10.5. The number of nitrogen functional groups attached to an aromatic ring is 1. The predicted octanol–water partition coefficient (Wildman–Crippen LogP) is 4.92. The van der Waals surface area contributed by atoms with Crippen LogP contribution in [0.15, 0.2) is 66.7 Å². The fourth-order valence-corrected chi connectivity index (χ4v) is 2.92. The van der Waals surface area contributed by atoms with Crippen molar-refractivity contribution in [3.05, 3.63) is 77.9 Å². The molecule has 3 N–H and O–H groups in total. The van der Waals surface area contributed by atoms with Crippen LogP contribution in [0.3, 0.4) is 0 Å². The van der Waals surface area contributed by atoms with Gasteiger partial charge in [-0.25, -0.2) is 0 Å². The summed E-state index contributed by atoms with van der Waals surface area (Å²) in [6, 6.07) is 23.1. The van der Waals surface area contributed by atoms with Crippen molar-refractivity contribution in [2.75, 3.05) is 5.43 Å². The highest BCUT2D eigenvalue weighted by Gasteiger charge is 2.14. The molecule has 0 saturated carbocycles. The third-order valence-corrected chi connectivity index (χ3v) is 4.07. The lowest BCUT2D eigenvalue weighted by molar-refractivity contribution is 1.34. The lowest BCUT2D eigenvalue weighted by atomic mass is 9.89. The summed E-state index contributed by atoms with van der Waals surface area (Å²) in [7, 11) is 0. The predicted molar refractivity (Wildman–Crippen MR) is 94.6 cm³/mol. The van der Waals surface area contributed by atoms with Crippen LogP contribution >= 0.6 is 0 Å². The van der Waals surface area contributed by atoms with E-state index >= 15 is 0 Å². The maximum atomic E-state index is 5.77. The summed E-state index contributed by atoms with van der Waals surface area (Å²) in [4.78, 5) is 0. The molecule has 110 valence electrons. The standard InChI is InChI=1S/C20H20N2/c1-14-8-3-5-10-16(14)18-12-7-13-19(22-21)20(18)17-11-6-4-9-15(17)2/h3-13,22H,21H2,1-2H3. The van der Waals surface area contributed by atoms with Gasteiger partial charge in [-0.1, -0.05) is 60.7 Å². The van der Waals surface area contributed by atoms with Crippen LogP contribution in [0.25, 0.3) is 22.3 Å². The maximum absolute atomic E-state index is 5.77. The molecule has 22 heavy (non-hydrogen) atoms. The van der Waals surface area contributed by atoms with Crippen LogP contribution in [0.4, 0.5) is 5.69 Å². The topological polar surface area (TPSA) is 38.0 Å². The van der Waals surface area contributed by atoms with Crippen molar-refractivity contribution in [3.8, 4) is 22.3 Å². The summed E-state index contributed by atoms with van der Waals surface area (Å²) in [5, 5.41) is 0. The second-order valence-corrected chi connectivity index (χ2v) is 5.50. The zero-order valence-electron chi connectivity index (χ0n) is 12.9. The number of hydrogen-bond acceptors (Lipinski definition) is 2. The summed E-state index contributed by atoms with van der Waals surface area (Å²) >= 11 is 0. The number of aryl methyl sites for hydroxylation is 2. The van der Waals surface area contributed by atoms with E-state index < -0.39 is 0 Å². The van der Waals surface area contributed by atoms with Gasteiger partial charge in [-0.05, 0) is 47.7 Å². The number of hydrazine groups is 1. The molecule has 0 heterocycles. The Hall–Kier alpha value is -2.58. The second-order valence-electron chi connectivity index (χ2n) is 5.50. The first-order valence-corrected chi connectivity index (χ1v) is 7.44. The molecular weight excluding hydrogens is 268 g/mol. The van der Waals surface area contributed by atoms with E-state index in [-0.39, 0.29) is 0 Å². The lowest BCUT2D eigenvalue weighted by Crippen LogP contribution is -2.08. The van der Waals surface area contributed by atoms with Crippen LogP contribution in [0.2, 0.25) is 0 Å². The van der Waals surface area contributed by atoms with Gasteiger partial charge in [-0.3, -0.25) is 5.84 Å². The maximum Gasteiger partial charge on any atom is 0.0569 e. The molecule has 0 fully saturated rings. The Bertz CT molecular complexity index is 806. The molecule has 0 atom stereocenters. The highest BCUT2D eigenvalue weighted by Crippen LogP contribution is 2.39. The number of benzene rings is 3. The average molecular weight is 288 g/mol. The van der Waals surface area contributed by atoms with Crippen molar-refractivity contribution in [3.63, 3.8) is 0 Å². The minimum Gasteiger partial charge on any atom is -0.323 e. The Morgan fingerprint density at radius 2 is 1.18 bits per heavy atom. The Labute approximate surface area is 131 Å². The lowest BCUT2D eigenvalue weighted by Gasteiger charge is -2.18. The molecule has 3 aromatic rings. The Balaban J connectivity index is 2.34. The van der Waals surface area contributed by atoms with E-state index in [9.17, 15) is 0 Å². The van der Waals surface area contributed by atoms with Crippen molar-refractivity contribution < 1.29 is 0 Å². The van der Waals surface area contributed by atoms with Gasteiger partial charge in [-0.15, -0.1) is 0 Å². The average Bonchev–Trinajstić information content (AvgIpc) is 2.55. The van der Waals surface area contributed by atoms with Gasteiger partial charge in [0.1, 0.15) is 0 Å². The molecule has 0 aliphatic rings. The third-order valence-electron chi connectivity index (χ3n) is 4.07. The van der Waals surface area contributed by atoms with Crippen molar-refractivity contribution in [1.82, 2.24) is 0 Å². The van der Waals surface area contributed by atoms with E-state index in [1.54, 1.807) is 0 Å². The van der Waals surface area contributed by atoms with Crippen LogP contribution in [-0.2, 0) is 0 Å². The number of rotatable bonds is 3. The highest BCUT2D eigenvalue weighted by molar-refractivity contribution is 5.93. The van der Waals surface area contributed by atoms with E-state index in [2.05, 4.69) is 73.9 Å². The molecule has 0 spiro atoms. The summed E-state index contributed by atoms with van der Waals surface area (Å²) in [5.41, 5.74) is 11.1. The Morgan fingerprint density at radius 3 is 1.77 bits per heavy atom. The highest BCUT2D eigenvalue weighted by atomic mass is 15.2. The monoisotopic (exact) mass is 288 g/mol. The molecule has 0 bridgehead atoms. The number of anilines is 1. The zero-order valence-corrected chi connectivity index (χ0v) is 12.9. The molecular formula is C20H20N2.